The quantitative estimate of drug-likeness (QED) is 0.644. The van der Waals surface area contributed by atoms with Gasteiger partial charge in [-0.2, -0.15) is 16.1 Å². The number of likely N-dealkylation sites (N-methyl/N-ethyl adjacent to an activating group) is 1. The van der Waals surface area contributed by atoms with E-state index in [9.17, 15) is 13.2 Å². The van der Waals surface area contributed by atoms with Crippen LogP contribution in [0.2, 0.25) is 0 Å². The van der Waals surface area contributed by atoms with Crippen LogP contribution >= 0.6 is 23.1 Å². The number of piperazine rings is 1. The van der Waals surface area contributed by atoms with E-state index in [1.165, 1.54) is 15.6 Å². The summed E-state index contributed by atoms with van der Waals surface area (Å²) in [5.41, 5.74) is 0. The Hall–Kier alpha value is -0.650. The minimum absolute atomic E-state index is 0.149. The van der Waals surface area contributed by atoms with Crippen molar-refractivity contribution < 1.29 is 13.2 Å². The van der Waals surface area contributed by atoms with Crippen LogP contribution in [0.4, 0.5) is 0 Å². The first-order valence-corrected chi connectivity index (χ1v) is 12.8. The number of sulfonamides is 1. The molecule has 152 valence electrons. The molecule has 0 unspecified atom stereocenters. The highest BCUT2D eigenvalue weighted by Gasteiger charge is 2.31. The number of amides is 1. The van der Waals surface area contributed by atoms with Gasteiger partial charge < -0.3 is 15.1 Å². The fourth-order valence-electron chi connectivity index (χ4n) is 3.25. The normalized spacial score (nSPS) is 20.6. The molecule has 1 aromatic heterocycles. The van der Waals surface area contributed by atoms with Crippen molar-refractivity contribution >= 4 is 39.0 Å². The van der Waals surface area contributed by atoms with Crippen molar-refractivity contribution in [1.29, 1.82) is 0 Å². The van der Waals surface area contributed by atoms with E-state index in [-0.39, 0.29) is 10.8 Å². The van der Waals surface area contributed by atoms with Crippen molar-refractivity contribution in [3.63, 3.8) is 0 Å². The number of hydrogen-bond donors (Lipinski definition) is 1. The standard InChI is InChI=1S/C17H28N4O3S3/c1-19-6-8-20(9-7-19)5-2-4-18-17(22)16-15(3-12-26-16)27(23,24)21-10-13-25-14-11-21/h3,12H,2,4-11,13-14H2,1H3,(H,18,22). The molecule has 0 aromatic carbocycles. The lowest BCUT2D eigenvalue weighted by Gasteiger charge is -2.32. The molecule has 0 atom stereocenters. The third kappa shape index (κ3) is 5.45. The van der Waals surface area contributed by atoms with E-state index in [2.05, 4.69) is 22.2 Å². The minimum atomic E-state index is -3.59. The third-order valence-electron chi connectivity index (χ3n) is 4.96. The molecule has 2 fully saturated rings. The molecule has 0 radical (unpaired) electrons. The Morgan fingerprint density at radius 3 is 2.56 bits per heavy atom. The van der Waals surface area contributed by atoms with Crippen molar-refractivity contribution in [3.05, 3.63) is 16.3 Å². The smallest absolute Gasteiger partial charge is 0.262 e. The van der Waals surface area contributed by atoms with E-state index >= 15 is 0 Å². The zero-order chi connectivity index (χ0) is 19.3. The zero-order valence-electron chi connectivity index (χ0n) is 15.7. The summed E-state index contributed by atoms with van der Waals surface area (Å²) in [5.74, 6) is 1.32. The summed E-state index contributed by atoms with van der Waals surface area (Å²) in [7, 11) is -1.46. The molecule has 1 aromatic rings. The topological polar surface area (TPSA) is 73.0 Å². The number of nitrogens with zero attached hydrogens (tertiary/aromatic N) is 3. The summed E-state index contributed by atoms with van der Waals surface area (Å²) in [6.07, 6.45) is 0.867. The number of carbonyl (C=O) groups excluding carboxylic acids is 1. The third-order valence-corrected chi connectivity index (χ3v) is 8.88. The average molecular weight is 433 g/mol. The van der Waals surface area contributed by atoms with Crippen LogP contribution in [0, 0.1) is 0 Å². The Kier molecular flexibility index (Phi) is 7.57. The van der Waals surface area contributed by atoms with Gasteiger partial charge in [-0.05, 0) is 31.5 Å². The maximum absolute atomic E-state index is 12.9. The largest absolute Gasteiger partial charge is 0.351 e. The van der Waals surface area contributed by atoms with Crippen LogP contribution in [-0.2, 0) is 10.0 Å². The number of thiophene rings is 1. The van der Waals surface area contributed by atoms with Crippen molar-refractivity contribution in [2.24, 2.45) is 0 Å². The summed E-state index contributed by atoms with van der Waals surface area (Å²) in [5, 5.41) is 4.58. The maximum Gasteiger partial charge on any atom is 0.262 e. The first-order chi connectivity index (χ1) is 13.0. The summed E-state index contributed by atoms with van der Waals surface area (Å²) >= 11 is 2.95. The van der Waals surface area contributed by atoms with Gasteiger partial charge in [-0.25, -0.2) is 8.42 Å². The van der Waals surface area contributed by atoms with Gasteiger partial charge in [-0.15, -0.1) is 11.3 Å². The Balaban J connectivity index is 1.51. The predicted octanol–water partition coefficient (Wildman–Crippen LogP) is 0.853. The number of carbonyl (C=O) groups is 1. The van der Waals surface area contributed by atoms with Gasteiger partial charge in [-0.3, -0.25) is 4.79 Å². The van der Waals surface area contributed by atoms with Crippen LogP contribution < -0.4 is 5.32 Å². The second-order valence-corrected chi connectivity index (χ2v) is 10.9. The van der Waals surface area contributed by atoms with Gasteiger partial charge >= 0.3 is 0 Å². The second-order valence-electron chi connectivity index (χ2n) is 6.88. The Labute approximate surface area is 170 Å². The van der Waals surface area contributed by atoms with Crippen LogP contribution in [-0.4, -0.2) is 99.3 Å². The summed E-state index contributed by atoms with van der Waals surface area (Å²) in [6.45, 7) is 6.81. The van der Waals surface area contributed by atoms with E-state index in [1.807, 2.05) is 0 Å². The molecule has 0 saturated carbocycles. The molecule has 27 heavy (non-hydrogen) atoms. The van der Waals surface area contributed by atoms with Crippen molar-refractivity contribution in [2.75, 3.05) is 70.9 Å². The molecule has 10 heteroatoms. The van der Waals surface area contributed by atoms with E-state index in [0.29, 0.717) is 24.5 Å². The number of thioether (sulfide) groups is 1. The van der Waals surface area contributed by atoms with Crippen LogP contribution in [0.1, 0.15) is 16.1 Å². The highest BCUT2D eigenvalue weighted by atomic mass is 32.2. The van der Waals surface area contributed by atoms with Crippen molar-refractivity contribution in [1.82, 2.24) is 19.4 Å². The van der Waals surface area contributed by atoms with Crippen LogP contribution in [0.3, 0.4) is 0 Å². The van der Waals surface area contributed by atoms with Gasteiger partial charge in [0.2, 0.25) is 10.0 Å². The van der Waals surface area contributed by atoms with Crippen LogP contribution in [0.5, 0.6) is 0 Å². The first kappa shape index (κ1) is 21.1. The molecule has 1 N–H and O–H groups in total. The summed E-state index contributed by atoms with van der Waals surface area (Å²) in [4.78, 5) is 17.7. The predicted molar refractivity (Wildman–Crippen MR) is 111 cm³/mol. The number of nitrogens with one attached hydrogen (secondary N) is 1. The fraction of sp³-hybridized carbons (Fsp3) is 0.706. The van der Waals surface area contributed by atoms with Gasteiger partial charge in [0.1, 0.15) is 9.77 Å². The Morgan fingerprint density at radius 1 is 1.15 bits per heavy atom. The summed E-state index contributed by atoms with van der Waals surface area (Å²) < 4.78 is 27.2. The monoisotopic (exact) mass is 432 g/mol. The van der Waals surface area contributed by atoms with E-state index in [1.54, 1.807) is 23.2 Å². The fourth-order valence-corrected chi connectivity index (χ4v) is 7.14. The first-order valence-electron chi connectivity index (χ1n) is 9.33. The SMILES string of the molecule is CN1CCN(CCCNC(=O)c2sccc2S(=O)(=O)N2CCSCC2)CC1. The molecule has 1 amide bonds. The maximum atomic E-state index is 12.9. The van der Waals surface area contributed by atoms with Gasteiger partial charge in [0.05, 0.1) is 0 Å². The summed E-state index contributed by atoms with van der Waals surface area (Å²) in [6, 6.07) is 1.56. The van der Waals surface area contributed by atoms with Gasteiger partial charge in [0, 0.05) is 57.3 Å². The highest BCUT2D eigenvalue weighted by molar-refractivity contribution is 7.99. The molecule has 3 heterocycles. The van der Waals surface area contributed by atoms with Crippen LogP contribution in [0.15, 0.2) is 16.3 Å². The molecular weight excluding hydrogens is 404 g/mol. The molecule has 2 saturated heterocycles. The lowest BCUT2D eigenvalue weighted by Crippen LogP contribution is -2.45. The molecule has 0 aliphatic carbocycles. The highest BCUT2D eigenvalue weighted by Crippen LogP contribution is 2.27. The van der Waals surface area contributed by atoms with Crippen molar-refractivity contribution in [2.45, 2.75) is 11.3 Å². The molecule has 7 nitrogen and oxygen atoms in total. The minimum Gasteiger partial charge on any atom is -0.351 e. The number of rotatable bonds is 7. The molecule has 0 bridgehead atoms. The van der Waals surface area contributed by atoms with Gasteiger partial charge in [0.25, 0.3) is 5.91 Å². The molecule has 2 aliphatic rings. The Morgan fingerprint density at radius 2 is 1.85 bits per heavy atom. The second kappa shape index (κ2) is 9.71. The Bertz CT molecular complexity index is 724. The van der Waals surface area contributed by atoms with Crippen LogP contribution in [0.25, 0.3) is 0 Å². The molecular formula is C17H28N4O3S3. The van der Waals surface area contributed by atoms with E-state index < -0.39 is 10.0 Å². The molecule has 3 rings (SSSR count). The van der Waals surface area contributed by atoms with Gasteiger partial charge in [0.15, 0.2) is 0 Å². The van der Waals surface area contributed by atoms with Gasteiger partial charge in [-0.1, -0.05) is 0 Å². The molecule has 2 aliphatic heterocycles. The van der Waals surface area contributed by atoms with E-state index in [0.717, 1.165) is 50.7 Å². The lowest BCUT2D eigenvalue weighted by molar-refractivity contribution is 0.0950. The number of hydrogen-bond acceptors (Lipinski definition) is 7. The lowest BCUT2D eigenvalue weighted by atomic mass is 10.3. The van der Waals surface area contributed by atoms with E-state index in [4.69, 9.17) is 0 Å². The molecule has 0 spiro atoms. The average Bonchev–Trinajstić information content (AvgIpc) is 3.18. The zero-order valence-corrected chi connectivity index (χ0v) is 18.2. The van der Waals surface area contributed by atoms with Crippen molar-refractivity contribution in [3.8, 4) is 0 Å².